The number of carbonyl (C=O) groups excluding carboxylic acids is 1. The van der Waals surface area contributed by atoms with E-state index < -0.39 is 5.82 Å². The van der Waals surface area contributed by atoms with Gasteiger partial charge in [-0.05, 0) is 79.0 Å². The van der Waals surface area contributed by atoms with E-state index in [9.17, 15) is 9.18 Å². The summed E-state index contributed by atoms with van der Waals surface area (Å²) in [5.41, 5.74) is 3.61. The van der Waals surface area contributed by atoms with Crippen LogP contribution in [0.15, 0.2) is 66.7 Å². The molecule has 1 fully saturated rings. The number of nitrogens with one attached hydrogen (secondary N) is 1. The monoisotopic (exact) mass is 438 g/mol. The average molecular weight is 439 g/mol. The fourth-order valence-electron chi connectivity index (χ4n) is 3.69. The van der Waals surface area contributed by atoms with Crippen LogP contribution in [0.4, 0.5) is 10.1 Å². The van der Waals surface area contributed by atoms with Crippen LogP contribution >= 0.6 is 11.6 Å². The van der Waals surface area contributed by atoms with Crippen LogP contribution in [0.2, 0.25) is 5.02 Å². The molecule has 0 radical (unpaired) electrons. The molecular weight excluding hydrogens is 415 g/mol. The summed E-state index contributed by atoms with van der Waals surface area (Å²) in [6, 6.07) is 19.9. The lowest BCUT2D eigenvalue weighted by molar-refractivity contribution is -0.118. The maximum absolute atomic E-state index is 14.3. The van der Waals surface area contributed by atoms with Gasteiger partial charge in [0, 0.05) is 17.3 Å². The fraction of sp³-hybridized carbons (Fsp3) is 0.240. The molecule has 0 spiro atoms. The molecule has 0 unspecified atom stereocenters. The first-order valence-electron chi connectivity index (χ1n) is 10.4. The van der Waals surface area contributed by atoms with E-state index in [1.165, 1.54) is 18.9 Å². The van der Waals surface area contributed by atoms with E-state index in [1.54, 1.807) is 6.07 Å². The van der Waals surface area contributed by atoms with E-state index in [4.69, 9.17) is 16.3 Å². The second-order valence-electron chi connectivity index (χ2n) is 7.67. The molecule has 3 aromatic rings. The largest absolute Gasteiger partial charge is 0.481 e. The minimum atomic E-state index is -0.447. The molecule has 1 heterocycles. The molecule has 31 heavy (non-hydrogen) atoms. The van der Waals surface area contributed by atoms with E-state index in [0.717, 1.165) is 36.3 Å². The third kappa shape index (κ3) is 5.84. The molecule has 160 valence electrons. The number of hydrogen-bond donors (Lipinski definition) is 1. The second kappa shape index (κ2) is 9.94. The Bertz CT molecular complexity index is 1030. The van der Waals surface area contributed by atoms with Crippen molar-refractivity contribution in [3.63, 3.8) is 0 Å². The van der Waals surface area contributed by atoms with E-state index in [-0.39, 0.29) is 18.3 Å². The normalized spacial score (nSPS) is 13.9. The summed E-state index contributed by atoms with van der Waals surface area (Å²) < 4.78 is 19.7. The van der Waals surface area contributed by atoms with Crippen LogP contribution in [-0.2, 0) is 11.3 Å². The van der Waals surface area contributed by atoms with Crippen molar-refractivity contribution in [2.24, 2.45) is 0 Å². The summed E-state index contributed by atoms with van der Waals surface area (Å²) in [5.74, 6) is -0.713. The molecule has 6 heteroatoms. The van der Waals surface area contributed by atoms with Crippen molar-refractivity contribution in [3.8, 4) is 16.9 Å². The number of benzene rings is 3. The first kappa shape index (κ1) is 21.3. The zero-order valence-electron chi connectivity index (χ0n) is 17.1. The van der Waals surface area contributed by atoms with Crippen molar-refractivity contribution in [2.45, 2.75) is 19.4 Å². The van der Waals surface area contributed by atoms with Crippen LogP contribution in [0, 0.1) is 5.82 Å². The summed E-state index contributed by atoms with van der Waals surface area (Å²) in [4.78, 5) is 14.5. The number of nitrogens with zero attached hydrogens (tertiary/aromatic N) is 1. The molecule has 0 aliphatic carbocycles. The first-order chi connectivity index (χ1) is 15.1. The molecule has 3 aromatic carbocycles. The lowest BCUT2D eigenvalue weighted by Crippen LogP contribution is -2.20. The minimum absolute atomic E-state index is 0.0819. The van der Waals surface area contributed by atoms with Crippen LogP contribution in [0.3, 0.4) is 0 Å². The van der Waals surface area contributed by atoms with Crippen molar-refractivity contribution < 1.29 is 13.9 Å². The Kier molecular flexibility index (Phi) is 6.85. The van der Waals surface area contributed by atoms with Crippen molar-refractivity contribution in [1.29, 1.82) is 0 Å². The van der Waals surface area contributed by atoms with Gasteiger partial charge in [0.05, 0.1) is 0 Å². The number of rotatable bonds is 7. The Morgan fingerprint density at radius 3 is 2.26 bits per heavy atom. The number of hydrogen-bond acceptors (Lipinski definition) is 3. The van der Waals surface area contributed by atoms with Gasteiger partial charge in [-0.15, -0.1) is 0 Å². The maximum Gasteiger partial charge on any atom is 0.262 e. The van der Waals surface area contributed by atoms with Crippen molar-refractivity contribution >= 4 is 23.2 Å². The van der Waals surface area contributed by atoms with Gasteiger partial charge in [-0.2, -0.15) is 0 Å². The van der Waals surface area contributed by atoms with Crippen LogP contribution < -0.4 is 10.1 Å². The number of ether oxygens (including phenoxy) is 1. The Morgan fingerprint density at radius 2 is 1.61 bits per heavy atom. The van der Waals surface area contributed by atoms with Gasteiger partial charge in [0.2, 0.25) is 0 Å². The summed E-state index contributed by atoms with van der Waals surface area (Å²) in [6.45, 7) is 2.59. The first-order valence-corrected chi connectivity index (χ1v) is 10.7. The summed E-state index contributed by atoms with van der Waals surface area (Å²) >= 11 is 5.92. The van der Waals surface area contributed by atoms with Gasteiger partial charge >= 0.3 is 0 Å². The molecule has 0 aromatic heterocycles. The molecule has 1 aliphatic heterocycles. The van der Waals surface area contributed by atoms with Crippen LogP contribution in [0.25, 0.3) is 11.1 Å². The van der Waals surface area contributed by atoms with Gasteiger partial charge < -0.3 is 10.1 Å². The summed E-state index contributed by atoms with van der Waals surface area (Å²) in [6.07, 6.45) is 2.39. The molecule has 0 atom stereocenters. The average Bonchev–Trinajstić information content (AvgIpc) is 3.27. The Balaban J connectivity index is 1.29. The van der Waals surface area contributed by atoms with Gasteiger partial charge in [-0.1, -0.05) is 41.9 Å². The second-order valence-corrected chi connectivity index (χ2v) is 8.11. The Morgan fingerprint density at radius 1 is 0.968 bits per heavy atom. The third-order valence-corrected chi connectivity index (χ3v) is 5.56. The van der Waals surface area contributed by atoms with Crippen molar-refractivity contribution in [1.82, 2.24) is 4.90 Å². The molecule has 4 rings (SSSR count). The molecule has 1 amide bonds. The third-order valence-electron chi connectivity index (χ3n) is 5.31. The summed E-state index contributed by atoms with van der Waals surface area (Å²) in [7, 11) is 0. The fourth-order valence-corrected chi connectivity index (χ4v) is 3.81. The standard InChI is InChI=1S/C25H24ClFN2O2/c26-21-8-4-19(5-9-21)20-6-10-22(11-7-20)28-25(30)17-31-24-12-3-18(15-23(24)27)16-29-13-1-2-14-29/h3-12,15H,1-2,13-14,16-17H2,(H,28,30). The summed E-state index contributed by atoms with van der Waals surface area (Å²) in [5, 5.41) is 3.45. The highest BCUT2D eigenvalue weighted by Crippen LogP contribution is 2.24. The van der Waals surface area contributed by atoms with E-state index in [1.807, 2.05) is 54.6 Å². The Hall–Kier alpha value is -2.89. The highest BCUT2D eigenvalue weighted by Gasteiger charge is 2.14. The maximum atomic E-state index is 14.3. The predicted molar refractivity (Wildman–Crippen MR) is 122 cm³/mol. The van der Waals surface area contributed by atoms with Crippen molar-refractivity contribution in [3.05, 3.63) is 83.1 Å². The number of amides is 1. The van der Waals surface area contributed by atoms with Gasteiger partial charge in [0.25, 0.3) is 5.91 Å². The van der Waals surface area contributed by atoms with Crippen LogP contribution in [0.1, 0.15) is 18.4 Å². The number of halogens is 2. The van der Waals surface area contributed by atoms with Crippen molar-refractivity contribution in [2.75, 3.05) is 25.0 Å². The number of carbonyl (C=O) groups is 1. The minimum Gasteiger partial charge on any atom is -0.481 e. The van der Waals surface area contributed by atoms with E-state index in [0.29, 0.717) is 10.7 Å². The predicted octanol–water partition coefficient (Wildman–Crippen LogP) is 5.76. The molecule has 0 saturated carbocycles. The molecule has 1 N–H and O–H groups in total. The highest BCUT2D eigenvalue weighted by atomic mass is 35.5. The zero-order chi connectivity index (χ0) is 21.6. The smallest absolute Gasteiger partial charge is 0.262 e. The molecule has 1 aliphatic rings. The zero-order valence-corrected chi connectivity index (χ0v) is 17.9. The van der Waals surface area contributed by atoms with Gasteiger partial charge in [0.15, 0.2) is 18.2 Å². The molecule has 0 bridgehead atoms. The Labute approximate surface area is 186 Å². The quantitative estimate of drug-likeness (QED) is 0.510. The van der Waals surface area contributed by atoms with Gasteiger partial charge in [0.1, 0.15) is 0 Å². The molecular formula is C25H24ClFN2O2. The van der Waals surface area contributed by atoms with Gasteiger partial charge in [-0.25, -0.2) is 4.39 Å². The van der Waals surface area contributed by atoms with E-state index >= 15 is 0 Å². The van der Waals surface area contributed by atoms with E-state index in [2.05, 4.69) is 10.2 Å². The van der Waals surface area contributed by atoms with Crippen LogP contribution in [0.5, 0.6) is 5.75 Å². The molecule has 1 saturated heterocycles. The highest BCUT2D eigenvalue weighted by molar-refractivity contribution is 6.30. The SMILES string of the molecule is O=C(COc1ccc(CN2CCCC2)cc1F)Nc1ccc(-c2ccc(Cl)cc2)cc1. The van der Waals surface area contributed by atoms with Crippen LogP contribution in [-0.4, -0.2) is 30.5 Å². The lowest BCUT2D eigenvalue weighted by atomic mass is 10.1. The lowest BCUT2D eigenvalue weighted by Gasteiger charge is -2.15. The van der Waals surface area contributed by atoms with Gasteiger partial charge in [-0.3, -0.25) is 9.69 Å². The number of anilines is 1. The number of likely N-dealkylation sites (tertiary alicyclic amines) is 1. The topological polar surface area (TPSA) is 41.6 Å². The molecule has 4 nitrogen and oxygen atoms in total.